The number of hydrogen-bond acceptors (Lipinski definition) is 4. The van der Waals surface area contributed by atoms with Crippen molar-refractivity contribution in [1.29, 1.82) is 0 Å². The van der Waals surface area contributed by atoms with Crippen LogP contribution in [0.2, 0.25) is 0 Å². The lowest BCUT2D eigenvalue weighted by Crippen LogP contribution is -2.52. The molecular formula is C23H29FN4O. The number of halogens is 1. The van der Waals surface area contributed by atoms with Gasteiger partial charge in [0.1, 0.15) is 5.82 Å². The van der Waals surface area contributed by atoms with Gasteiger partial charge in [-0.05, 0) is 30.7 Å². The van der Waals surface area contributed by atoms with Crippen LogP contribution in [0.25, 0.3) is 0 Å². The first-order valence-electron chi connectivity index (χ1n) is 10.3. The number of benzene rings is 1. The molecule has 1 N–H and O–H groups in total. The van der Waals surface area contributed by atoms with Crippen LogP contribution in [0.15, 0.2) is 36.5 Å². The Morgan fingerprint density at radius 2 is 2.07 bits per heavy atom. The molecule has 1 amide bonds. The van der Waals surface area contributed by atoms with E-state index in [0.29, 0.717) is 25.6 Å². The summed E-state index contributed by atoms with van der Waals surface area (Å²) >= 11 is 0. The van der Waals surface area contributed by atoms with Crippen molar-refractivity contribution in [3.8, 4) is 0 Å². The molecule has 1 atom stereocenters. The molecule has 2 aliphatic heterocycles. The summed E-state index contributed by atoms with van der Waals surface area (Å²) in [6.45, 7) is 10.3. The third kappa shape index (κ3) is 4.33. The average molecular weight is 397 g/mol. The van der Waals surface area contributed by atoms with E-state index in [9.17, 15) is 9.18 Å². The van der Waals surface area contributed by atoms with Gasteiger partial charge in [-0.2, -0.15) is 0 Å². The molecule has 4 rings (SSSR count). The number of piperazine rings is 1. The number of amides is 1. The van der Waals surface area contributed by atoms with Crippen LogP contribution in [0.3, 0.4) is 0 Å². The van der Waals surface area contributed by atoms with Crippen LogP contribution in [0.1, 0.15) is 37.6 Å². The van der Waals surface area contributed by atoms with Gasteiger partial charge in [0.2, 0.25) is 5.91 Å². The van der Waals surface area contributed by atoms with Gasteiger partial charge in [0.05, 0.1) is 12.2 Å². The van der Waals surface area contributed by atoms with Crippen LogP contribution in [0.5, 0.6) is 0 Å². The minimum absolute atomic E-state index is 0.122. The van der Waals surface area contributed by atoms with E-state index in [1.807, 2.05) is 17.2 Å². The standard InChI is InChI=1S/C23H29FN4O/c1-16-13-27(9-8-25-16)14-22(29)28-15-23(2,3)20-12-26-19(11-21(20)28)10-17-4-6-18(24)7-5-17/h4-7,11-12,16,25H,8-10,13-15H2,1-3H3/t16-/m1/s1. The maximum Gasteiger partial charge on any atom is 0.241 e. The minimum Gasteiger partial charge on any atom is -0.312 e. The van der Waals surface area contributed by atoms with Crippen molar-refractivity contribution < 1.29 is 9.18 Å². The van der Waals surface area contributed by atoms with Crippen LogP contribution >= 0.6 is 0 Å². The highest BCUT2D eigenvalue weighted by Gasteiger charge is 2.39. The van der Waals surface area contributed by atoms with Crippen molar-refractivity contribution >= 4 is 11.6 Å². The van der Waals surface area contributed by atoms with Crippen molar-refractivity contribution in [1.82, 2.24) is 15.2 Å². The molecule has 6 heteroatoms. The van der Waals surface area contributed by atoms with Crippen LogP contribution in [-0.4, -0.2) is 54.6 Å². The van der Waals surface area contributed by atoms with Gasteiger partial charge in [-0.25, -0.2) is 4.39 Å². The van der Waals surface area contributed by atoms with Crippen LogP contribution in [0.4, 0.5) is 10.1 Å². The smallest absolute Gasteiger partial charge is 0.241 e. The SMILES string of the molecule is C[C@@H]1CN(CC(=O)N2CC(C)(C)c3cnc(Cc4ccc(F)cc4)cc32)CCN1. The van der Waals surface area contributed by atoms with Crippen LogP contribution < -0.4 is 10.2 Å². The molecule has 0 radical (unpaired) electrons. The zero-order valence-corrected chi connectivity index (χ0v) is 17.4. The highest BCUT2D eigenvalue weighted by molar-refractivity contribution is 5.97. The van der Waals surface area contributed by atoms with Crippen molar-refractivity contribution in [3.05, 3.63) is 59.2 Å². The maximum atomic E-state index is 13.2. The molecule has 1 saturated heterocycles. The van der Waals surface area contributed by atoms with Gasteiger partial charge in [0.25, 0.3) is 0 Å². The zero-order chi connectivity index (χ0) is 20.6. The molecule has 0 saturated carbocycles. The molecular weight excluding hydrogens is 367 g/mol. The Bertz CT molecular complexity index is 896. The number of rotatable bonds is 4. The molecule has 3 heterocycles. The first-order chi connectivity index (χ1) is 13.8. The molecule has 0 unspecified atom stereocenters. The fourth-order valence-electron chi connectivity index (χ4n) is 4.36. The number of nitrogens with zero attached hydrogens (tertiary/aromatic N) is 3. The normalized spacial score (nSPS) is 21.2. The second-order valence-electron chi connectivity index (χ2n) is 8.95. The van der Waals surface area contributed by atoms with Gasteiger partial charge in [-0.3, -0.25) is 14.7 Å². The topological polar surface area (TPSA) is 48.5 Å². The predicted octanol–water partition coefficient (Wildman–Crippen LogP) is 2.73. The van der Waals surface area contributed by atoms with Gasteiger partial charge in [-0.15, -0.1) is 0 Å². The first kappa shape index (κ1) is 20.0. The number of nitrogens with one attached hydrogen (secondary N) is 1. The summed E-state index contributed by atoms with van der Waals surface area (Å²) in [7, 11) is 0. The number of hydrogen-bond donors (Lipinski definition) is 1. The summed E-state index contributed by atoms with van der Waals surface area (Å²) < 4.78 is 13.2. The van der Waals surface area contributed by atoms with E-state index in [0.717, 1.165) is 42.1 Å². The summed E-state index contributed by atoms with van der Waals surface area (Å²) in [5.41, 5.74) is 3.85. The fraction of sp³-hybridized carbons (Fsp3) is 0.478. The number of carbonyl (C=O) groups is 1. The molecule has 2 aromatic rings. The molecule has 1 aromatic carbocycles. The Balaban J connectivity index is 1.55. The van der Waals surface area contributed by atoms with Gasteiger partial charge < -0.3 is 10.2 Å². The van der Waals surface area contributed by atoms with E-state index < -0.39 is 0 Å². The molecule has 5 nitrogen and oxygen atoms in total. The molecule has 0 aliphatic carbocycles. The fourth-order valence-corrected chi connectivity index (χ4v) is 4.36. The lowest BCUT2D eigenvalue weighted by molar-refractivity contribution is -0.120. The van der Waals surface area contributed by atoms with Crippen LogP contribution in [-0.2, 0) is 16.6 Å². The third-order valence-corrected chi connectivity index (χ3v) is 5.92. The highest BCUT2D eigenvalue weighted by Crippen LogP contribution is 2.40. The molecule has 154 valence electrons. The summed E-state index contributed by atoms with van der Waals surface area (Å²) in [5.74, 6) is -0.0960. The van der Waals surface area contributed by atoms with Crippen molar-refractivity contribution in [2.45, 2.75) is 38.6 Å². The van der Waals surface area contributed by atoms with Gasteiger partial charge >= 0.3 is 0 Å². The van der Waals surface area contributed by atoms with E-state index in [1.165, 1.54) is 12.1 Å². The molecule has 2 aliphatic rings. The first-order valence-corrected chi connectivity index (χ1v) is 10.3. The van der Waals surface area contributed by atoms with E-state index in [-0.39, 0.29) is 17.1 Å². The minimum atomic E-state index is -0.239. The van der Waals surface area contributed by atoms with E-state index >= 15 is 0 Å². The monoisotopic (exact) mass is 396 g/mol. The van der Waals surface area contributed by atoms with Gasteiger partial charge in [0.15, 0.2) is 0 Å². The lowest BCUT2D eigenvalue weighted by atomic mass is 9.88. The number of aromatic nitrogens is 1. The second kappa shape index (κ2) is 7.84. The van der Waals surface area contributed by atoms with Crippen molar-refractivity contribution in [3.63, 3.8) is 0 Å². The molecule has 0 bridgehead atoms. The van der Waals surface area contributed by atoms with E-state index in [4.69, 9.17) is 0 Å². The number of carbonyl (C=O) groups excluding carboxylic acids is 1. The molecule has 1 aromatic heterocycles. The van der Waals surface area contributed by atoms with Crippen LogP contribution in [0, 0.1) is 5.82 Å². The number of fused-ring (bicyclic) bond motifs is 1. The third-order valence-electron chi connectivity index (χ3n) is 5.92. The summed E-state index contributed by atoms with van der Waals surface area (Å²) in [4.78, 5) is 22.0. The Labute approximate surface area is 171 Å². The maximum absolute atomic E-state index is 13.2. The molecule has 29 heavy (non-hydrogen) atoms. The molecule has 1 fully saturated rings. The van der Waals surface area contributed by atoms with E-state index in [2.05, 4.69) is 36.0 Å². The Morgan fingerprint density at radius 3 is 2.79 bits per heavy atom. The average Bonchev–Trinajstić information content (AvgIpc) is 2.94. The number of anilines is 1. The number of pyridine rings is 1. The lowest BCUT2D eigenvalue weighted by Gasteiger charge is -2.32. The summed E-state index contributed by atoms with van der Waals surface area (Å²) in [6.07, 6.45) is 2.53. The zero-order valence-electron chi connectivity index (χ0n) is 17.4. The second-order valence-corrected chi connectivity index (χ2v) is 8.95. The summed E-state index contributed by atoms with van der Waals surface area (Å²) in [5, 5.41) is 3.42. The highest BCUT2D eigenvalue weighted by atomic mass is 19.1. The van der Waals surface area contributed by atoms with E-state index in [1.54, 1.807) is 12.1 Å². The quantitative estimate of drug-likeness (QED) is 0.863. The van der Waals surface area contributed by atoms with Gasteiger partial charge in [0, 0.05) is 61.5 Å². The van der Waals surface area contributed by atoms with Crippen molar-refractivity contribution in [2.75, 3.05) is 37.6 Å². The summed E-state index contributed by atoms with van der Waals surface area (Å²) in [6, 6.07) is 8.94. The largest absolute Gasteiger partial charge is 0.312 e. The Morgan fingerprint density at radius 1 is 1.31 bits per heavy atom. The van der Waals surface area contributed by atoms with Crippen molar-refractivity contribution in [2.24, 2.45) is 0 Å². The predicted molar refractivity (Wildman–Crippen MR) is 113 cm³/mol. The Kier molecular flexibility index (Phi) is 5.40. The van der Waals surface area contributed by atoms with Gasteiger partial charge in [-0.1, -0.05) is 26.0 Å². The Hall–Kier alpha value is -2.31. The molecule has 0 spiro atoms.